The fourth-order valence-corrected chi connectivity index (χ4v) is 1.59. The average Bonchev–Trinajstić information content (AvgIpc) is 2.79. The lowest BCUT2D eigenvalue weighted by atomic mass is 9.97. The van der Waals surface area contributed by atoms with Gasteiger partial charge in [-0.25, -0.2) is 9.59 Å². The molecule has 1 atom stereocenters. The zero-order chi connectivity index (χ0) is 13.6. The Morgan fingerprint density at radius 3 is 2.72 bits per heavy atom. The van der Waals surface area contributed by atoms with Crippen molar-refractivity contribution in [3.05, 3.63) is 24.2 Å². The van der Waals surface area contributed by atoms with Gasteiger partial charge >= 0.3 is 12.0 Å². The predicted molar refractivity (Wildman–Crippen MR) is 65.0 cm³/mol. The van der Waals surface area contributed by atoms with Gasteiger partial charge in [0, 0.05) is 12.1 Å². The predicted octanol–water partition coefficient (Wildman–Crippen LogP) is 1.72. The Labute approximate surface area is 105 Å². The van der Waals surface area contributed by atoms with Crippen molar-refractivity contribution >= 4 is 12.0 Å². The van der Waals surface area contributed by atoms with E-state index in [-0.39, 0.29) is 0 Å². The molecule has 0 bridgehead atoms. The zero-order valence-corrected chi connectivity index (χ0v) is 10.5. The summed E-state index contributed by atoms with van der Waals surface area (Å²) in [5.41, 5.74) is -0.424. The summed E-state index contributed by atoms with van der Waals surface area (Å²) in [5.74, 6) is -1.04. The van der Waals surface area contributed by atoms with Crippen LogP contribution in [0.3, 0.4) is 0 Å². The normalized spacial score (nSPS) is 13.7. The Kier molecular flexibility index (Phi) is 4.76. The van der Waals surface area contributed by atoms with Gasteiger partial charge in [-0.05, 0) is 19.4 Å². The molecule has 1 heterocycles. The van der Waals surface area contributed by atoms with E-state index in [2.05, 4.69) is 10.6 Å². The van der Waals surface area contributed by atoms with Crippen LogP contribution < -0.4 is 10.6 Å². The second-order valence-corrected chi connectivity index (χ2v) is 4.33. The van der Waals surface area contributed by atoms with Crippen molar-refractivity contribution in [2.75, 3.05) is 0 Å². The number of carbonyl (C=O) groups is 2. The fourth-order valence-electron chi connectivity index (χ4n) is 1.59. The van der Waals surface area contributed by atoms with Gasteiger partial charge in [0.2, 0.25) is 0 Å². The smallest absolute Gasteiger partial charge is 0.329 e. The van der Waals surface area contributed by atoms with Gasteiger partial charge in [-0.3, -0.25) is 0 Å². The topological polar surface area (TPSA) is 91.6 Å². The van der Waals surface area contributed by atoms with E-state index in [4.69, 9.17) is 9.52 Å². The highest BCUT2D eigenvalue weighted by atomic mass is 16.4. The van der Waals surface area contributed by atoms with Crippen LogP contribution in [0, 0.1) is 0 Å². The Morgan fingerprint density at radius 1 is 1.50 bits per heavy atom. The molecule has 0 aliphatic carbocycles. The minimum absolute atomic E-state index is 0.296. The van der Waals surface area contributed by atoms with Crippen LogP contribution in [0.2, 0.25) is 0 Å². The molecule has 6 nitrogen and oxygen atoms in total. The van der Waals surface area contributed by atoms with E-state index in [1.54, 1.807) is 6.07 Å². The molecule has 1 unspecified atom stereocenters. The summed E-state index contributed by atoms with van der Waals surface area (Å²) >= 11 is 0. The van der Waals surface area contributed by atoms with Gasteiger partial charge in [0.1, 0.15) is 5.54 Å². The van der Waals surface area contributed by atoms with E-state index < -0.39 is 17.5 Å². The molecule has 0 aromatic carbocycles. The first-order valence-corrected chi connectivity index (χ1v) is 5.78. The quantitative estimate of drug-likeness (QED) is 0.720. The third kappa shape index (κ3) is 3.80. The summed E-state index contributed by atoms with van der Waals surface area (Å²) in [6.07, 6.45) is 4.07. The maximum atomic E-state index is 11.6. The maximum Gasteiger partial charge on any atom is 0.329 e. The van der Waals surface area contributed by atoms with E-state index in [9.17, 15) is 9.59 Å². The number of nitrogens with one attached hydrogen (secondary N) is 2. The van der Waals surface area contributed by atoms with Gasteiger partial charge < -0.3 is 20.2 Å². The van der Waals surface area contributed by atoms with Crippen LogP contribution in [-0.2, 0) is 11.3 Å². The number of rotatable bonds is 6. The van der Waals surface area contributed by atoms with E-state index >= 15 is 0 Å². The molecule has 3 N–H and O–H groups in total. The molecule has 0 saturated carbocycles. The lowest BCUT2D eigenvalue weighted by Crippen LogP contribution is -2.55. The first-order chi connectivity index (χ1) is 8.48. The van der Waals surface area contributed by atoms with Gasteiger partial charge in [-0.1, -0.05) is 13.3 Å². The molecule has 1 rings (SSSR count). The molecular formula is C12H18N2O4. The summed E-state index contributed by atoms with van der Waals surface area (Å²) in [4.78, 5) is 22.7. The van der Waals surface area contributed by atoms with Crippen LogP contribution in [0.1, 0.15) is 32.3 Å². The highest BCUT2D eigenvalue weighted by Gasteiger charge is 2.33. The van der Waals surface area contributed by atoms with Crippen molar-refractivity contribution in [3.63, 3.8) is 0 Å². The number of carboxylic acid groups (broad SMARTS) is 1. The van der Waals surface area contributed by atoms with Crippen LogP contribution in [0.5, 0.6) is 0 Å². The van der Waals surface area contributed by atoms with Gasteiger partial charge in [-0.2, -0.15) is 0 Å². The van der Waals surface area contributed by atoms with Crippen molar-refractivity contribution in [2.24, 2.45) is 0 Å². The van der Waals surface area contributed by atoms with E-state index in [0.717, 1.165) is 5.56 Å². The minimum Gasteiger partial charge on any atom is -0.480 e. The van der Waals surface area contributed by atoms with E-state index in [0.29, 0.717) is 19.4 Å². The van der Waals surface area contributed by atoms with Crippen LogP contribution in [0.25, 0.3) is 0 Å². The average molecular weight is 254 g/mol. The summed E-state index contributed by atoms with van der Waals surface area (Å²) in [7, 11) is 0. The SMILES string of the molecule is CCCC(C)(NC(=O)NCc1ccoc1)C(=O)O. The molecule has 6 heteroatoms. The molecule has 0 saturated heterocycles. The summed E-state index contributed by atoms with van der Waals surface area (Å²) in [6, 6.07) is 1.22. The number of carboxylic acids is 1. The van der Waals surface area contributed by atoms with Gasteiger partial charge in [0.15, 0.2) is 0 Å². The summed E-state index contributed by atoms with van der Waals surface area (Å²) in [6.45, 7) is 3.66. The van der Waals surface area contributed by atoms with E-state index in [1.165, 1.54) is 19.5 Å². The molecule has 0 aliphatic heterocycles. The molecule has 2 amide bonds. The third-order valence-electron chi connectivity index (χ3n) is 2.64. The monoisotopic (exact) mass is 254 g/mol. The van der Waals surface area contributed by atoms with Crippen LogP contribution in [0.4, 0.5) is 4.79 Å². The highest BCUT2D eigenvalue weighted by molar-refractivity contribution is 5.85. The van der Waals surface area contributed by atoms with Crippen molar-refractivity contribution < 1.29 is 19.1 Å². The standard InChI is InChI=1S/C12H18N2O4/c1-3-5-12(2,10(15)16)14-11(17)13-7-9-4-6-18-8-9/h4,6,8H,3,5,7H2,1-2H3,(H,15,16)(H2,13,14,17). The van der Waals surface area contributed by atoms with Crippen molar-refractivity contribution in [1.82, 2.24) is 10.6 Å². The lowest BCUT2D eigenvalue weighted by molar-refractivity contribution is -0.144. The summed E-state index contributed by atoms with van der Waals surface area (Å²) in [5, 5.41) is 14.2. The van der Waals surface area contributed by atoms with E-state index in [1.807, 2.05) is 6.92 Å². The second kappa shape index (κ2) is 6.09. The van der Waals surface area contributed by atoms with Crippen LogP contribution in [-0.4, -0.2) is 22.6 Å². The molecule has 1 aromatic heterocycles. The molecule has 0 aliphatic rings. The van der Waals surface area contributed by atoms with Crippen LogP contribution >= 0.6 is 0 Å². The van der Waals surface area contributed by atoms with Gasteiger partial charge in [-0.15, -0.1) is 0 Å². The molecule has 18 heavy (non-hydrogen) atoms. The Hall–Kier alpha value is -1.98. The third-order valence-corrected chi connectivity index (χ3v) is 2.64. The first-order valence-electron chi connectivity index (χ1n) is 5.78. The maximum absolute atomic E-state index is 11.6. The van der Waals surface area contributed by atoms with Crippen molar-refractivity contribution in [2.45, 2.75) is 38.8 Å². The Balaban J connectivity index is 2.49. The number of urea groups is 1. The Morgan fingerprint density at radius 2 is 2.22 bits per heavy atom. The second-order valence-electron chi connectivity index (χ2n) is 4.33. The van der Waals surface area contributed by atoms with Gasteiger partial charge in [0.05, 0.1) is 12.5 Å². The highest BCUT2D eigenvalue weighted by Crippen LogP contribution is 2.12. The number of hydrogen-bond donors (Lipinski definition) is 3. The number of furan rings is 1. The molecule has 0 fully saturated rings. The lowest BCUT2D eigenvalue weighted by Gasteiger charge is -2.25. The largest absolute Gasteiger partial charge is 0.480 e. The molecule has 100 valence electrons. The molecule has 0 radical (unpaired) electrons. The zero-order valence-electron chi connectivity index (χ0n) is 10.5. The van der Waals surface area contributed by atoms with Crippen LogP contribution in [0.15, 0.2) is 23.0 Å². The van der Waals surface area contributed by atoms with Crippen molar-refractivity contribution in [3.8, 4) is 0 Å². The minimum atomic E-state index is -1.24. The number of aliphatic carboxylic acids is 1. The number of amides is 2. The Bertz CT molecular complexity index is 402. The number of hydrogen-bond acceptors (Lipinski definition) is 3. The first kappa shape index (κ1) is 14.1. The molecular weight excluding hydrogens is 236 g/mol. The summed E-state index contributed by atoms with van der Waals surface area (Å²) < 4.78 is 4.86. The van der Waals surface area contributed by atoms with Gasteiger partial charge in [0.25, 0.3) is 0 Å². The molecule has 0 spiro atoms. The molecule has 1 aromatic rings. The number of carbonyl (C=O) groups excluding carboxylic acids is 1. The van der Waals surface area contributed by atoms with Crippen molar-refractivity contribution in [1.29, 1.82) is 0 Å². The fraction of sp³-hybridized carbons (Fsp3) is 0.500.